The van der Waals surface area contributed by atoms with Crippen LogP contribution in [0.25, 0.3) is 22.2 Å². The minimum Gasteiger partial charge on any atom is -0.496 e. The summed E-state index contributed by atoms with van der Waals surface area (Å²) in [6.07, 6.45) is 0. The largest absolute Gasteiger partial charge is 0.496 e. The van der Waals surface area contributed by atoms with E-state index >= 15 is 0 Å². The van der Waals surface area contributed by atoms with Gasteiger partial charge < -0.3 is 14.9 Å². The molecule has 0 radical (unpaired) electrons. The maximum Gasteiger partial charge on any atom is 0.214 e. The van der Waals surface area contributed by atoms with Crippen LogP contribution in [0.2, 0.25) is 0 Å². The SMILES string of the molecule is COc1ccccc1-c1n[nH]c(=S)n1NCc1c(OCc2cccc(C)c2)ccc2ccccc12. The molecule has 0 aliphatic rings. The molecule has 0 aliphatic carbocycles. The van der Waals surface area contributed by atoms with Gasteiger partial charge in [0.25, 0.3) is 0 Å². The molecule has 2 N–H and O–H groups in total. The highest BCUT2D eigenvalue weighted by Crippen LogP contribution is 2.31. The van der Waals surface area contributed by atoms with Crippen molar-refractivity contribution in [2.45, 2.75) is 20.1 Å². The lowest BCUT2D eigenvalue weighted by molar-refractivity contribution is 0.303. The highest BCUT2D eigenvalue weighted by molar-refractivity contribution is 7.71. The van der Waals surface area contributed by atoms with Crippen LogP contribution in [-0.2, 0) is 13.2 Å². The van der Waals surface area contributed by atoms with E-state index in [1.807, 2.05) is 42.5 Å². The Morgan fingerprint density at radius 1 is 0.943 bits per heavy atom. The third-order valence-electron chi connectivity index (χ3n) is 5.91. The van der Waals surface area contributed by atoms with E-state index in [1.165, 1.54) is 5.56 Å². The van der Waals surface area contributed by atoms with E-state index < -0.39 is 0 Å². The molecule has 0 saturated heterocycles. The number of H-pyrrole nitrogens is 1. The van der Waals surface area contributed by atoms with Gasteiger partial charge in [0.05, 0.1) is 19.2 Å². The van der Waals surface area contributed by atoms with Crippen LogP contribution in [0.4, 0.5) is 0 Å². The smallest absolute Gasteiger partial charge is 0.214 e. The number of aromatic amines is 1. The average Bonchev–Trinajstić information content (AvgIpc) is 3.26. The van der Waals surface area contributed by atoms with E-state index in [1.54, 1.807) is 11.8 Å². The summed E-state index contributed by atoms with van der Waals surface area (Å²) in [7, 11) is 1.64. The molecule has 0 amide bonds. The quantitative estimate of drug-likeness (QED) is 0.251. The van der Waals surface area contributed by atoms with Crippen LogP contribution in [0.3, 0.4) is 0 Å². The normalized spacial score (nSPS) is 10.9. The fourth-order valence-electron chi connectivity index (χ4n) is 4.21. The zero-order chi connectivity index (χ0) is 24.2. The minimum absolute atomic E-state index is 0.466. The molecule has 6 nitrogen and oxygen atoms in total. The number of methoxy groups -OCH3 is 1. The van der Waals surface area contributed by atoms with Crippen molar-refractivity contribution < 1.29 is 9.47 Å². The number of aryl methyl sites for hydroxylation is 1. The molecule has 0 bridgehead atoms. The van der Waals surface area contributed by atoms with E-state index in [0.717, 1.165) is 39.0 Å². The first-order valence-electron chi connectivity index (χ1n) is 11.4. The Hall–Kier alpha value is -4.10. The zero-order valence-electron chi connectivity index (χ0n) is 19.6. The van der Waals surface area contributed by atoms with Gasteiger partial charge in [-0.05, 0) is 53.7 Å². The van der Waals surface area contributed by atoms with E-state index in [9.17, 15) is 0 Å². The van der Waals surface area contributed by atoms with Gasteiger partial charge in [0, 0.05) is 5.56 Å². The predicted molar refractivity (Wildman–Crippen MR) is 142 cm³/mol. The van der Waals surface area contributed by atoms with Crippen LogP contribution in [0, 0.1) is 11.7 Å². The topological polar surface area (TPSA) is 64.1 Å². The molecule has 1 aromatic heterocycles. The Labute approximate surface area is 209 Å². The van der Waals surface area contributed by atoms with Gasteiger partial charge in [-0.25, -0.2) is 9.77 Å². The first kappa shape index (κ1) is 22.7. The summed E-state index contributed by atoms with van der Waals surface area (Å²) in [4.78, 5) is 0. The molecular formula is C28H26N4O2S. The van der Waals surface area contributed by atoms with Gasteiger partial charge in [-0.2, -0.15) is 5.10 Å². The third-order valence-corrected chi connectivity index (χ3v) is 6.18. The molecule has 5 rings (SSSR count). The number of nitrogens with zero attached hydrogens (tertiary/aromatic N) is 2. The van der Waals surface area contributed by atoms with Crippen molar-refractivity contribution in [1.29, 1.82) is 0 Å². The number of ether oxygens (including phenoxy) is 2. The summed E-state index contributed by atoms with van der Waals surface area (Å²) in [6.45, 7) is 3.06. The Kier molecular flexibility index (Phi) is 6.50. The number of hydrogen-bond donors (Lipinski definition) is 2. The molecule has 0 atom stereocenters. The zero-order valence-corrected chi connectivity index (χ0v) is 20.4. The molecule has 35 heavy (non-hydrogen) atoms. The molecule has 7 heteroatoms. The number of nitrogens with one attached hydrogen (secondary N) is 2. The molecule has 0 unspecified atom stereocenters. The second-order valence-corrected chi connectivity index (χ2v) is 8.65. The maximum absolute atomic E-state index is 6.32. The van der Waals surface area contributed by atoms with Crippen LogP contribution in [0.15, 0.2) is 84.9 Å². The van der Waals surface area contributed by atoms with Gasteiger partial charge in [0.15, 0.2) is 5.82 Å². The summed E-state index contributed by atoms with van der Waals surface area (Å²) in [6, 6.07) is 28.5. The standard InChI is InChI=1S/C28H26N4O2S/c1-19-8-7-9-20(16-19)18-34-26-15-14-21-10-3-4-11-22(21)24(26)17-29-32-27(30-31-28(32)35)23-12-5-6-13-25(23)33-2/h3-16,29H,17-18H2,1-2H3,(H,31,35). The van der Waals surface area contributed by atoms with Crippen molar-refractivity contribution in [3.8, 4) is 22.9 Å². The number of hydrogen-bond acceptors (Lipinski definition) is 5. The lowest BCUT2D eigenvalue weighted by Gasteiger charge is -2.17. The predicted octanol–water partition coefficient (Wildman–Crippen LogP) is 6.40. The summed E-state index contributed by atoms with van der Waals surface area (Å²) >= 11 is 5.53. The minimum atomic E-state index is 0.466. The summed E-state index contributed by atoms with van der Waals surface area (Å²) in [5.41, 5.74) is 7.68. The van der Waals surface area contributed by atoms with Crippen molar-refractivity contribution in [2.24, 2.45) is 0 Å². The Balaban J connectivity index is 1.48. The Morgan fingerprint density at radius 2 is 1.77 bits per heavy atom. The molecule has 5 aromatic rings. The number of rotatable bonds is 8. The van der Waals surface area contributed by atoms with Crippen LogP contribution in [-0.4, -0.2) is 22.0 Å². The van der Waals surface area contributed by atoms with Crippen LogP contribution < -0.4 is 14.9 Å². The molecule has 0 fully saturated rings. The molecule has 0 saturated carbocycles. The number of benzene rings is 4. The highest BCUT2D eigenvalue weighted by Gasteiger charge is 2.15. The maximum atomic E-state index is 6.32. The Bertz CT molecular complexity index is 1540. The molecule has 4 aromatic carbocycles. The van der Waals surface area contributed by atoms with Crippen molar-refractivity contribution in [2.75, 3.05) is 12.5 Å². The monoisotopic (exact) mass is 482 g/mol. The third kappa shape index (κ3) is 4.76. The highest BCUT2D eigenvalue weighted by atomic mass is 32.1. The summed E-state index contributed by atoms with van der Waals surface area (Å²) in [5.74, 6) is 2.19. The molecule has 176 valence electrons. The van der Waals surface area contributed by atoms with Crippen molar-refractivity contribution in [3.05, 3.63) is 106 Å². The van der Waals surface area contributed by atoms with E-state index in [-0.39, 0.29) is 0 Å². The van der Waals surface area contributed by atoms with Crippen molar-refractivity contribution in [1.82, 2.24) is 14.9 Å². The lowest BCUT2D eigenvalue weighted by atomic mass is 10.0. The van der Waals surface area contributed by atoms with E-state index in [0.29, 0.717) is 23.7 Å². The van der Waals surface area contributed by atoms with Gasteiger partial charge in [0.1, 0.15) is 18.1 Å². The second kappa shape index (κ2) is 10.0. The lowest BCUT2D eigenvalue weighted by Crippen LogP contribution is -2.17. The van der Waals surface area contributed by atoms with E-state index in [2.05, 4.69) is 65.0 Å². The number of fused-ring (bicyclic) bond motifs is 1. The summed E-state index contributed by atoms with van der Waals surface area (Å²) in [5, 5.41) is 9.61. The molecule has 0 aliphatic heterocycles. The van der Waals surface area contributed by atoms with Crippen LogP contribution in [0.5, 0.6) is 11.5 Å². The Morgan fingerprint density at radius 3 is 2.63 bits per heavy atom. The first-order chi connectivity index (χ1) is 17.1. The molecule has 0 spiro atoms. The fourth-order valence-corrected chi connectivity index (χ4v) is 4.41. The van der Waals surface area contributed by atoms with Crippen LogP contribution >= 0.6 is 12.2 Å². The van der Waals surface area contributed by atoms with Crippen molar-refractivity contribution in [3.63, 3.8) is 0 Å². The van der Waals surface area contributed by atoms with Gasteiger partial charge in [0.2, 0.25) is 4.77 Å². The van der Waals surface area contributed by atoms with Crippen molar-refractivity contribution >= 4 is 23.0 Å². The average molecular weight is 483 g/mol. The van der Waals surface area contributed by atoms with Gasteiger partial charge in [-0.3, -0.25) is 0 Å². The fraction of sp³-hybridized carbons (Fsp3) is 0.143. The molecular weight excluding hydrogens is 456 g/mol. The summed E-state index contributed by atoms with van der Waals surface area (Å²) < 4.78 is 14.1. The number of aromatic nitrogens is 3. The van der Waals surface area contributed by atoms with Crippen LogP contribution in [0.1, 0.15) is 16.7 Å². The molecule has 1 heterocycles. The first-order valence-corrected chi connectivity index (χ1v) is 11.8. The van der Waals surface area contributed by atoms with Gasteiger partial charge in [-0.15, -0.1) is 0 Å². The van der Waals surface area contributed by atoms with Gasteiger partial charge >= 0.3 is 0 Å². The van der Waals surface area contributed by atoms with Gasteiger partial charge in [-0.1, -0.05) is 72.3 Å². The van der Waals surface area contributed by atoms with E-state index in [4.69, 9.17) is 21.7 Å². The number of para-hydroxylation sites is 1. The second-order valence-electron chi connectivity index (χ2n) is 8.26.